The Balaban J connectivity index is 2.60. The van der Waals surface area contributed by atoms with Gasteiger partial charge in [-0.3, -0.25) is 14.4 Å². The van der Waals surface area contributed by atoms with E-state index in [1.54, 1.807) is 7.05 Å². The maximum absolute atomic E-state index is 12.2. The van der Waals surface area contributed by atoms with Crippen LogP contribution < -0.4 is 0 Å². The average molecular weight is 271 g/mol. The zero-order valence-electron chi connectivity index (χ0n) is 11.6. The minimum Gasteiger partial charge on any atom is -0.481 e. The van der Waals surface area contributed by atoms with E-state index in [0.717, 1.165) is 0 Å². The molecule has 3 unspecified atom stereocenters. The van der Waals surface area contributed by atoms with Gasteiger partial charge in [0, 0.05) is 13.6 Å². The van der Waals surface area contributed by atoms with E-state index in [1.807, 2.05) is 6.92 Å². The van der Waals surface area contributed by atoms with Crippen molar-refractivity contribution in [1.82, 2.24) is 4.90 Å². The van der Waals surface area contributed by atoms with Crippen molar-refractivity contribution >= 4 is 17.8 Å². The summed E-state index contributed by atoms with van der Waals surface area (Å²) >= 11 is 0. The molecule has 0 radical (unpaired) electrons. The molecule has 1 amide bonds. The molecule has 3 atom stereocenters. The molecule has 0 aromatic rings. The minimum absolute atomic E-state index is 0.124. The Kier molecular flexibility index (Phi) is 5.32. The first-order chi connectivity index (χ1) is 8.86. The van der Waals surface area contributed by atoms with E-state index in [9.17, 15) is 14.4 Å². The van der Waals surface area contributed by atoms with Crippen LogP contribution in [-0.4, -0.2) is 48.6 Å². The van der Waals surface area contributed by atoms with Crippen molar-refractivity contribution in [3.63, 3.8) is 0 Å². The first kappa shape index (κ1) is 15.5. The predicted octanol–water partition coefficient (Wildman–Crippen LogP) is 0.755. The number of esters is 1. The van der Waals surface area contributed by atoms with Crippen molar-refractivity contribution < 1.29 is 24.2 Å². The molecule has 0 spiro atoms. The standard InChI is InChI=1S/C13H21NO5/c1-8-6-9(10(7-8)13(17)18)12(16)14(2)5-4-11(15)19-3/h8-10H,4-7H2,1-3H3,(H,17,18). The molecule has 0 heterocycles. The zero-order chi connectivity index (χ0) is 14.6. The first-order valence-corrected chi connectivity index (χ1v) is 6.41. The van der Waals surface area contributed by atoms with Crippen LogP contribution in [-0.2, 0) is 19.1 Å². The normalized spacial score (nSPS) is 25.9. The summed E-state index contributed by atoms with van der Waals surface area (Å²) in [5.74, 6) is -2.33. The van der Waals surface area contributed by atoms with E-state index in [1.165, 1.54) is 12.0 Å². The Morgan fingerprint density at radius 3 is 2.37 bits per heavy atom. The highest BCUT2D eigenvalue weighted by Crippen LogP contribution is 2.37. The second-order valence-corrected chi connectivity index (χ2v) is 5.21. The lowest BCUT2D eigenvalue weighted by Gasteiger charge is -2.23. The van der Waals surface area contributed by atoms with Crippen LogP contribution in [0.3, 0.4) is 0 Å². The van der Waals surface area contributed by atoms with Crippen LogP contribution in [0.2, 0.25) is 0 Å². The number of carbonyl (C=O) groups is 3. The number of carboxylic acids is 1. The number of carbonyl (C=O) groups excluding carboxylic acids is 2. The van der Waals surface area contributed by atoms with Gasteiger partial charge < -0.3 is 14.7 Å². The number of methoxy groups -OCH3 is 1. The number of rotatable bonds is 5. The predicted molar refractivity (Wildman–Crippen MR) is 67.3 cm³/mol. The number of hydrogen-bond acceptors (Lipinski definition) is 4. The van der Waals surface area contributed by atoms with E-state index in [0.29, 0.717) is 12.8 Å². The average Bonchev–Trinajstić information content (AvgIpc) is 2.76. The van der Waals surface area contributed by atoms with Crippen LogP contribution in [0.25, 0.3) is 0 Å². The molecule has 6 heteroatoms. The largest absolute Gasteiger partial charge is 0.481 e. The molecule has 19 heavy (non-hydrogen) atoms. The van der Waals surface area contributed by atoms with Gasteiger partial charge in [0.05, 0.1) is 25.4 Å². The third-order valence-electron chi connectivity index (χ3n) is 3.69. The number of amides is 1. The molecule has 108 valence electrons. The van der Waals surface area contributed by atoms with E-state index in [4.69, 9.17) is 5.11 Å². The van der Waals surface area contributed by atoms with Crippen molar-refractivity contribution in [3.8, 4) is 0 Å². The van der Waals surface area contributed by atoms with Gasteiger partial charge in [-0.25, -0.2) is 0 Å². The van der Waals surface area contributed by atoms with Crippen molar-refractivity contribution in [2.24, 2.45) is 17.8 Å². The second kappa shape index (κ2) is 6.54. The highest BCUT2D eigenvalue weighted by molar-refractivity contribution is 5.85. The van der Waals surface area contributed by atoms with Crippen molar-refractivity contribution in [1.29, 1.82) is 0 Å². The molecular weight excluding hydrogens is 250 g/mol. The van der Waals surface area contributed by atoms with E-state index in [2.05, 4.69) is 4.74 Å². The van der Waals surface area contributed by atoms with Crippen LogP contribution in [0, 0.1) is 17.8 Å². The molecule has 1 N–H and O–H groups in total. The van der Waals surface area contributed by atoms with E-state index >= 15 is 0 Å². The summed E-state index contributed by atoms with van der Waals surface area (Å²) in [5, 5.41) is 9.14. The fraction of sp³-hybridized carbons (Fsp3) is 0.769. The highest BCUT2D eigenvalue weighted by atomic mass is 16.5. The topological polar surface area (TPSA) is 83.9 Å². The van der Waals surface area contributed by atoms with Gasteiger partial charge in [0.15, 0.2) is 0 Å². The zero-order valence-corrected chi connectivity index (χ0v) is 11.6. The molecule has 1 saturated carbocycles. The number of nitrogens with zero attached hydrogens (tertiary/aromatic N) is 1. The number of aliphatic carboxylic acids is 1. The van der Waals surface area contributed by atoms with Gasteiger partial charge >= 0.3 is 11.9 Å². The molecule has 1 aliphatic carbocycles. The Morgan fingerprint density at radius 2 is 1.84 bits per heavy atom. The molecular formula is C13H21NO5. The smallest absolute Gasteiger partial charge is 0.307 e. The molecule has 0 saturated heterocycles. The van der Waals surface area contributed by atoms with Gasteiger partial charge in [-0.05, 0) is 18.8 Å². The summed E-state index contributed by atoms with van der Waals surface area (Å²) in [6.07, 6.45) is 1.26. The third-order valence-corrected chi connectivity index (χ3v) is 3.69. The number of ether oxygens (including phenoxy) is 1. The maximum Gasteiger partial charge on any atom is 0.307 e. The van der Waals surface area contributed by atoms with Crippen LogP contribution in [0.5, 0.6) is 0 Å². The van der Waals surface area contributed by atoms with Gasteiger partial charge in [-0.2, -0.15) is 0 Å². The Labute approximate surface area is 112 Å². The Morgan fingerprint density at radius 1 is 1.26 bits per heavy atom. The van der Waals surface area contributed by atoms with Gasteiger partial charge in [-0.1, -0.05) is 6.92 Å². The molecule has 6 nitrogen and oxygen atoms in total. The van der Waals surface area contributed by atoms with Gasteiger partial charge in [0.2, 0.25) is 5.91 Å². The number of hydrogen-bond donors (Lipinski definition) is 1. The molecule has 1 fully saturated rings. The molecule has 1 rings (SSSR count). The summed E-state index contributed by atoms with van der Waals surface area (Å²) in [6, 6.07) is 0. The van der Waals surface area contributed by atoms with Crippen LogP contribution >= 0.6 is 0 Å². The summed E-state index contributed by atoms with van der Waals surface area (Å²) in [4.78, 5) is 35.8. The summed E-state index contributed by atoms with van der Waals surface area (Å²) in [7, 11) is 2.89. The molecule has 0 aromatic carbocycles. The Bertz CT molecular complexity index is 368. The summed E-state index contributed by atoms with van der Waals surface area (Å²) < 4.78 is 4.51. The third kappa shape index (κ3) is 3.94. The number of carboxylic acid groups (broad SMARTS) is 1. The molecule has 0 aliphatic heterocycles. The molecule has 1 aliphatic rings. The summed E-state index contributed by atoms with van der Waals surface area (Å²) in [6.45, 7) is 2.21. The highest BCUT2D eigenvalue weighted by Gasteiger charge is 2.42. The van der Waals surface area contributed by atoms with Crippen molar-refractivity contribution in [2.45, 2.75) is 26.2 Å². The summed E-state index contributed by atoms with van der Waals surface area (Å²) in [5.41, 5.74) is 0. The van der Waals surface area contributed by atoms with Crippen molar-refractivity contribution in [3.05, 3.63) is 0 Å². The lowest BCUT2D eigenvalue weighted by molar-refractivity contribution is -0.149. The van der Waals surface area contributed by atoms with Gasteiger partial charge in [-0.15, -0.1) is 0 Å². The fourth-order valence-corrected chi connectivity index (χ4v) is 2.59. The van der Waals surface area contributed by atoms with Gasteiger partial charge in [0.25, 0.3) is 0 Å². The monoisotopic (exact) mass is 271 g/mol. The van der Waals surface area contributed by atoms with Gasteiger partial charge in [0.1, 0.15) is 0 Å². The maximum atomic E-state index is 12.2. The van der Waals surface area contributed by atoms with Crippen LogP contribution in [0.15, 0.2) is 0 Å². The van der Waals surface area contributed by atoms with Crippen molar-refractivity contribution in [2.75, 3.05) is 20.7 Å². The first-order valence-electron chi connectivity index (χ1n) is 6.41. The van der Waals surface area contributed by atoms with E-state index < -0.39 is 17.8 Å². The minimum atomic E-state index is -0.913. The quantitative estimate of drug-likeness (QED) is 0.746. The lowest BCUT2D eigenvalue weighted by atomic mass is 9.95. The van der Waals surface area contributed by atoms with E-state index in [-0.39, 0.29) is 30.8 Å². The fourth-order valence-electron chi connectivity index (χ4n) is 2.59. The van der Waals surface area contributed by atoms with Crippen LogP contribution in [0.1, 0.15) is 26.2 Å². The van der Waals surface area contributed by atoms with Crippen LogP contribution in [0.4, 0.5) is 0 Å². The molecule has 0 bridgehead atoms. The second-order valence-electron chi connectivity index (χ2n) is 5.21. The molecule has 0 aromatic heterocycles. The lowest BCUT2D eigenvalue weighted by Crippen LogP contribution is -2.37. The SMILES string of the molecule is COC(=O)CCN(C)C(=O)C1CC(C)CC1C(=O)O. The Hall–Kier alpha value is -1.59.